The van der Waals surface area contributed by atoms with Gasteiger partial charge in [-0.3, -0.25) is 4.79 Å². The fourth-order valence-electron chi connectivity index (χ4n) is 1.13. The molecule has 3 heteroatoms. The van der Waals surface area contributed by atoms with Gasteiger partial charge in [-0.05, 0) is 0 Å². The first kappa shape index (κ1) is 6.31. The van der Waals surface area contributed by atoms with Gasteiger partial charge in [-0.1, -0.05) is 0 Å². The van der Waals surface area contributed by atoms with Crippen molar-refractivity contribution in [2.75, 3.05) is 26.4 Å². The maximum absolute atomic E-state index is 11.2. The summed E-state index contributed by atoms with van der Waals surface area (Å²) in [5.74, 6) is 0.722. The van der Waals surface area contributed by atoms with Gasteiger partial charge in [0.15, 0.2) is 0 Å². The Morgan fingerprint density at radius 2 is 1.40 bits per heavy atom. The molecule has 3 nitrogen and oxygen atoms in total. The number of rotatable bonds is 2. The van der Waals surface area contributed by atoms with Crippen LogP contribution in [0.1, 0.15) is 0 Å². The lowest BCUT2D eigenvalue weighted by Crippen LogP contribution is -2.45. The zero-order valence-corrected chi connectivity index (χ0v) is 5.71. The van der Waals surface area contributed by atoms with E-state index in [0.29, 0.717) is 32.2 Å². The first-order valence-corrected chi connectivity index (χ1v) is 3.57. The predicted octanol–water partition coefficient (Wildman–Crippen LogP) is -0.152. The number of ether oxygens (including phenoxy) is 2. The molecule has 0 aromatic rings. The number of ketones is 1. The number of hydrogen-bond acceptors (Lipinski definition) is 3. The van der Waals surface area contributed by atoms with Crippen molar-refractivity contribution in [3.63, 3.8) is 0 Å². The molecule has 2 heterocycles. The van der Waals surface area contributed by atoms with E-state index in [1.807, 2.05) is 0 Å². The lowest BCUT2D eigenvalue weighted by atomic mass is 9.90. The van der Waals surface area contributed by atoms with Gasteiger partial charge in [-0.2, -0.15) is 0 Å². The number of Topliss-reactive ketones (excluding diaryl/α,β-unsaturated/α-hetero) is 1. The third kappa shape index (κ3) is 0.859. The molecule has 0 radical (unpaired) electrons. The summed E-state index contributed by atoms with van der Waals surface area (Å²) in [7, 11) is 0. The molecule has 0 unspecified atom stereocenters. The Morgan fingerprint density at radius 3 is 1.60 bits per heavy atom. The van der Waals surface area contributed by atoms with Crippen molar-refractivity contribution < 1.29 is 14.3 Å². The van der Waals surface area contributed by atoms with E-state index in [2.05, 4.69) is 0 Å². The van der Waals surface area contributed by atoms with E-state index in [-0.39, 0.29) is 11.8 Å². The molecule has 2 saturated heterocycles. The molecule has 0 spiro atoms. The van der Waals surface area contributed by atoms with Crippen molar-refractivity contribution in [2.45, 2.75) is 0 Å². The molecule has 2 fully saturated rings. The van der Waals surface area contributed by atoms with Crippen LogP contribution in [0.15, 0.2) is 0 Å². The SMILES string of the molecule is O=C(C1COC1)C1COC1. The third-order valence-electron chi connectivity index (χ3n) is 2.08. The van der Waals surface area contributed by atoms with E-state index in [0.717, 1.165) is 0 Å². The quantitative estimate of drug-likeness (QED) is 0.537. The molecule has 56 valence electrons. The average Bonchev–Trinajstić information content (AvgIpc) is 1.52. The van der Waals surface area contributed by atoms with Crippen LogP contribution in [-0.4, -0.2) is 32.2 Å². The van der Waals surface area contributed by atoms with Crippen molar-refractivity contribution in [1.82, 2.24) is 0 Å². The van der Waals surface area contributed by atoms with Crippen LogP contribution >= 0.6 is 0 Å². The summed E-state index contributed by atoms with van der Waals surface area (Å²) in [6.07, 6.45) is 0. The molecule has 2 aliphatic rings. The van der Waals surface area contributed by atoms with Gasteiger partial charge in [-0.15, -0.1) is 0 Å². The molecule has 0 saturated carbocycles. The second kappa shape index (κ2) is 2.32. The van der Waals surface area contributed by atoms with E-state index in [9.17, 15) is 4.79 Å². The maximum Gasteiger partial charge on any atom is 0.148 e. The lowest BCUT2D eigenvalue weighted by Gasteiger charge is -2.32. The van der Waals surface area contributed by atoms with E-state index in [4.69, 9.17) is 9.47 Å². The summed E-state index contributed by atoms with van der Waals surface area (Å²) >= 11 is 0. The molecular weight excluding hydrogens is 132 g/mol. The normalized spacial score (nSPS) is 27.2. The van der Waals surface area contributed by atoms with Gasteiger partial charge in [-0.25, -0.2) is 0 Å². The Balaban J connectivity index is 1.84. The van der Waals surface area contributed by atoms with Crippen LogP contribution < -0.4 is 0 Å². The van der Waals surface area contributed by atoms with Gasteiger partial charge in [0.1, 0.15) is 5.78 Å². The van der Waals surface area contributed by atoms with Gasteiger partial charge in [0.2, 0.25) is 0 Å². The van der Waals surface area contributed by atoms with E-state index in [1.54, 1.807) is 0 Å². The van der Waals surface area contributed by atoms with Crippen LogP contribution in [0.4, 0.5) is 0 Å². The van der Waals surface area contributed by atoms with E-state index in [1.165, 1.54) is 0 Å². The first-order chi connectivity index (χ1) is 4.88. The highest BCUT2D eigenvalue weighted by Gasteiger charge is 2.35. The molecule has 0 bridgehead atoms. The van der Waals surface area contributed by atoms with Crippen LogP contribution in [0.2, 0.25) is 0 Å². The fourth-order valence-corrected chi connectivity index (χ4v) is 1.13. The summed E-state index contributed by atoms with van der Waals surface area (Å²) in [6, 6.07) is 0. The summed E-state index contributed by atoms with van der Waals surface area (Å²) in [5.41, 5.74) is 0. The number of carbonyl (C=O) groups is 1. The Morgan fingerprint density at radius 1 is 1.00 bits per heavy atom. The van der Waals surface area contributed by atoms with Gasteiger partial charge >= 0.3 is 0 Å². The standard InChI is InChI=1S/C7H10O3/c8-7(5-1-9-2-5)6-3-10-4-6/h5-6H,1-4H2. The maximum atomic E-state index is 11.2. The summed E-state index contributed by atoms with van der Waals surface area (Å²) in [5, 5.41) is 0. The summed E-state index contributed by atoms with van der Waals surface area (Å²) < 4.78 is 9.83. The summed E-state index contributed by atoms with van der Waals surface area (Å²) in [4.78, 5) is 11.2. The Bertz CT molecular complexity index is 131. The monoisotopic (exact) mass is 142 g/mol. The topological polar surface area (TPSA) is 35.5 Å². The summed E-state index contributed by atoms with van der Waals surface area (Å²) in [6.45, 7) is 2.54. The van der Waals surface area contributed by atoms with Crippen molar-refractivity contribution >= 4 is 5.78 Å². The molecule has 2 rings (SSSR count). The molecule has 10 heavy (non-hydrogen) atoms. The fraction of sp³-hybridized carbons (Fsp3) is 0.857. The van der Waals surface area contributed by atoms with Crippen molar-refractivity contribution in [1.29, 1.82) is 0 Å². The van der Waals surface area contributed by atoms with E-state index < -0.39 is 0 Å². The van der Waals surface area contributed by atoms with Crippen molar-refractivity contribution in [3.05, 3.63) is 0 Å². The third-order valence-corrected chi connectivity index (χ3v) is 2.08. The lowest BCUT2D eigenvalue weighted by molar-refractivity contribution is -0.154. The minimum Gasteiger partial charge on any atom is -0.380 e. The highest BCUT2D eigenvalue weighted by atomic mass is 16.5. The Labute approximate surface area is 59.3 Å². The highest BCUT2D eigenvalue weighted by Crippen LogP contribution is 2.20. The van der Waals surface area contributed by atoms with Crippen LogP contribution in [0, 0.1) is 11.8 Å². The smallest absolute Gasteiger partial charge is 0.148 e. The van der Waals surface area contributed by atoms with Gasteiger partial charge in [0.25, 0.3) is 0 Å². The molecule has 0 aromatic heterocycles. The van der Waals surface area contributed by atoms with Crippen LogP contribution in [0.3, 0.4) is 0 Å². The highest BCUT2D eigenvalue weighted by molar-refractivity contribution is 5.85. The van der Waals surface area contributed by atoms with Crippen LogP contribution in [0.5, 0.6) is 0 Å². The Hall–Kier alpha value is -0.410. The zero-order valence-electron chi connectivity index (χ0n) is 5.71. The molecule has 0 atom stereocenters. The molecular formula is C7H10O3. The predicted molar refractivity (Wildman–Crippen MR) is 33.6 cm³/mol. The molecule has 0 aliphatic carbocycles. The first-order valence-electron chi connectivity index (χ1n) is 3.57. The average molecular weight is 142 g/mol. The molecule has 0 amide bonds. The van der Waals surface area contributed by atoms with Gasteiger partial charge in [0.05, 0.1) is 38.3 Å². The van der Waals surface area contributed by atoms with Gasteiger partial charge < -0.3 is 9.47 Å². The zero-order chi connectivity index (χ0) is 6.97. The minimum atomic E-state index is 0.189. The van der Waals surface area contributed by atoms with Crippen LogP contribution in [-0.2, 0) is 14.3 Å². The number of hydrogen-bond donors (Lipinski definition) is 0. The number of carbonyl (C=O) groups excluding carboxylic acids is 1. The second-order valence-electron chi connectivity index (χ2n) is 2.87. The van der Waals surface area contributed by atoms with Crippen molar-refractivity contribution in [3.8, 4) is 0 Å². The van der Waals surface area contributed by atoms with E-state index >= 15 is 0 Å². The second-order valence-corrected chi connectivity index (χ2v) is 2.87. The molecule has 0 aromatic carbocycles. The largest absolute Gasteiger partial charge is 0.380 e. The van der Waals surface area contributed by atoms with Gasteiger partial charge in [0, 0.05) is 0 Å². The van der Waals surface area contributed by atoms with Crippen molar-refractivity contribution in [2.24, 2.45) is 11.8 Å². The Kier molecular flexibility index (Phi) is 1.47. The molecule has 0 N–H and O–H groups in total. The molecule has 2 aliphatic heterocycles. The van der Waals surface area contributed by atoms with Crippen LogP contribution in [0.25, 0.3) is 0 Å². The minimum absolute atomic E-state index is 0.189.